The SMILES string of the molecule is CC(C)Cc1cccc(C(NN)c2cn[nH]c2N)c1. The maximum absolute atomic E-state index is 5.86. The first-order valence-electron chi connectivity index (χ1n) is 6.45. The molecule has 0 saturated carbocycles. The highest BCUT2D eigenvalue weighted by atomic mass is 15.2. The van der Waals surface area contributed by atoms with Gasteiger partial charge in [-0.05, 0) is 23.5 Å². The molecule has 5 heteroatoms. The Morgan fingerprint density at radius 2 is 2.16 bits per heavy atom. The zero-order valence-corrected chi connectivity index (χ0v) is 11.4. The molecule has 1 aromatic carbocycles. The van der Waals surface area contributed by atoms with Crippen molar-refractivity contribution in [2.75, 3.05) is 5.73 Å². The van der Waals surface area contributed by atoms with Crippen LogP contribution in [0.4, 0.5) is 5.82 Å². The van der Waals surface area contributed by atoms with E-state index in [1.807, 2.05) is 12.1 Å². The summed E-state index contributed by atoms with van der Waals surface area (Å²) in [5.74, 6) is 6.83. The van der Waals surface area contributed by atoms with Crippen molar-refractivity contribution in [3.05, 3.63) is 47.2 Å². The number of benzene rings is 1. The number of hydrazine groups is 1. The number of aromatic amines is 1. The predicted octanol–water partition coefficient (Wildman–Crippen LogP) is 1.74. The van der Waals surface area contributed by atoms with Crippen LogP contribution in [0.2, 0.25) is 0 Å². The van der Waals surface area contributed by atoms with Crippen LogP contribution in [0.25, 0.3) is 0 Å². The first-order chi connectivity index (χ1) is 9.11. The minimum absolute atomic E-state index is 0.147. The Kier molecular flexibility index (Phi) is 4.19. The van der Waals surface area contributed by atoms with Crippen molar-refractivity contribution in [1.82, 2.24) is 15.6 Å². The Bertz CT molecular complexity index is 532. The molecule has 1 heterocycles. The lowest BCUT2D eigenvalue weighted by Crippen LogP contribution is -2.29. The fourth-order valence-electron chi connectivity index (χ4n) is 2.27. The van der Waals surface area contributed by atoms with Crippen molar-refractivity contribution >= 4 is 5.82 Å². The van der Waals surface area contributed by atoms with Crippen LogP contribution in [0, 0.1) is 5.92 Å². The van der Waals surface area contributed by atoms with Gasteiger partial charge in [0.15, 0.2) is 0 Å². The molecular weight excluding hydrogens is 238 g/mol. The van der Waals surface area contributed by atoms with Gasteiger partial charge < -0.3 is 5.73 Å². The van der Waals surface area contributed by atoms with E-state index in [-0.39, 0.29) is 6.04 Å². The second-order valence-electron chi connectivity index (χ2n) is 5.18. The Morgan fingerprint density at radius 1 is 1.37 bits per heavy atom. The quantitative estimate of drug-likeness (QED) is 0.486. The molecule has 0 aliphatic carbocycles. The summed E-state index contributed by atoms with van der Waals surface area (Å²) in [5, 5.41) is 6.67. The van der Waals surface area contributed by atoms with E-state index < -0.39 is 0 Å². The molecule has 6 N–H and O–H groups in total. The van der Waals surface area contributed by atoms with Gasteiger partial charge in [-0.2, -0.15) is 5.10 Å². The van der Waals surface area contributed by atoms with Crippen LogP contribution in [-0.4, -0.2) is 10.2 Å². The normalized spacial score (nSPS) is 12.8. The molecule has 0 spiro atoms. The number of nitrogens with two attached hydrogens (primary N) is 2. The summed E-state index contributed by atoms with van der Waals surface area (Å²) in [6, 6.07) is 8.24. The van der Waals surface area contributed by atoms with Crippen molar-refractivity contribution in [3.63, 3.8) is 0 Å². The summed E-state index contributed by atoms with van der Waals surface area (Å²) >= 11 is 0. The van der Waals surface area contributed by atoms with Gasteiger partial charge in [0.2, 0.25) is 0 Å². The smallest absolute Gasteiger partial charge is 0.124 e. The molecule has 2 rings (SSSR count). The Morgan fingerprint density at radius 3 is 2.74 bits per heavy atom. The standard InChI is InChI=1S/C14H21N5/c1-9(2)6-10-4-3-5-11(7-10)13(18-16)12-8-17-19-14(12)15/h3-5,7-9,13,18H,6,16H2,1-2H3,(H3,15,17,19). The highest BCUT2D eigenvalue weighted by Crippen LogP contribution is 2.25. The minimum atomic E-state index is -0.147. The molecule has 0 aliphatic rings. The molecule has 0 amide bonds. The molecule has 0 saturated heterocycles. The van der Waals surface area contributed by atoms with Gasteiger partial charge in [-0.15, -0.1) is 0 Å². The number of H-pyrrole nitrogens is 1. The van der Waals surface area contributed by atoms with Crippen molar-refractivity contribution < 1.29 is 0 Å². The number of hydrogen-bond donors (Lipinski definition) is 4. The molecule has 1 atom stereocenters. The first kappa shape index (κ1) is 13.6. The van der Waals surface area contributed by atoms with Crippen molar-refractivity contribution in [2.24, 2.45) is 11.8 Å². The average molecular weight is 259 g/mol. The summed E-state index contributed by atoms with van der Waals surface area (Å²) in [6.45, 7) is 4.42. The number of hydrogen-bond acceptors (Lipinski definition) is 4. The molecule has 19 heavy (non-hydrogen) atoms. The summed E-state index contributed by atoms with van der Waals surface area (Å²) in [6.07, 6.45) is 2.75. The highest BCUT2D eigenvalue weighted by molar-refractivity contribution is 5.44. The van der Waals surface area contributed by atoms with Gasteiger partial charge in [0.05, 0.1) is 12.2 Å². The predicted molar refractivity (Wildman–Crippen MR) is 77.2 cm³/mol. The van der Waals surface area contributed by atoms with Gasteiger partial charge in [-0.25, -0.2) is 5.43 Å². The van der Waals surface area contributed by atoms with E-state index in [1.54, 1.807) is 6.20 Å². The third kappa shape index (κ3) is 3.13. The lowest BCUT2D eigenvalue weighted by Gasteiger charge is -2.17. The number of aromatic nitrogens is 2. The Labute approximate surface area is 113 Å². The van der Waals surface area contributed by atoms with Crippen LogP contribution in [-0.2, 0) is 6.42 Å². The van der Waals surface area contributed by atoms with Gasteiger partial charge in [0, 0.05) is 5.56 Å². The molecule has 1 aromatic heterocycles. The number of nitrogens with one attached hydrogen (secondary N) is 2. The van der Waals surface area contributed by atoms with Gasteiger partial charge in [-0.3, -0.25) is 10.9 Å². The van der Waals surface area contributed by atoms with Gasteiger partial charge in [0.1, 0.15) is 5.82 Å². The maximum Gasteiger partial charge on any atom is 0.124 e. The van der Waals surface area contributed by atoms with Gasteiger partial charge in [-0.1, -0.05) is 38.1 Å². The maximum atomic E-state index is 5.86. The van der Waals surface area contributed by atoms with Crippen molar-refractivity contribution in [2.45, 2.75) is 26.3 Å². The van der Waals surface area contributed by atoms with E-state index in [2.05, 4.69) is 41.6 Å². The van der Waals surface area contributed by atoms with Crippen LogP contribution in [0.15, 0.2) is 30.5 Å². The highest BCUT2D eigenvalue weighted by Gasteiger charge is 2.17. The molecule has 2 aromatic rings. The zero-order chi connectivity index (χ0) is 13.8. The molecular formula is C14H21N5. The van der Waals surface area contributed by atoms with E-state index in [9.17, 15) is 0 Å². The number of nitrogen functional groups attached to an aromatic ring is 1. The number of rotatable bonds is 5. The molecule has 0 fully saturated rings. The van der Waals surface area contributed by atoms with Gasteiger partial charge in [0.25, 0.3) is 0 Å². The molecule has 0 bridgehead atoms. The fourth-order valence-corrected chi connectivity index (χ4v) is 2.27. The van der Waals surface area contributed by atoms with E-state index in [4.69, 9.17) is 11.6 Å². The third-order valence-electron chi connectivity index (χ3n) is 3.11. The molecule has 0 aliphatic heterocycles. The van der Waals surface area contributed by atoms with Gasteiger partial charge >= 0.3 is 0 Å². The lowest BCUT2D eigenvalue weighted by atomic mass is 9.96. The van der Waals surface area contributed by atoms with E-state index in [0.29, 0.717) is 11.7 Å². The van der Waals surface area contributed by atoms with Crippen molar-refractivity contribution in [1.29, 1.82) is 0 Å². The van der Waals surface area contributed by atoms with E-state index in [0.717, 1.165) is 17.5 Å². The minimum Gasteiger partial charge on any atom is -0.384 e. The monoisotopic (exact) mass is 259 g/mol. The van der Waals surface area contributed by atoms with Crippen LogP contribution in [0.3, 0.4) is 0 Å². The topological polar surface area (TPSA) is 92.7 Å². The fraction of sp³-hybridized carbons (Fsp3) is 0.357. The lowest BCUT2D eigenvalue weighted by molar-refractivity contribution is 0.629. The Hall–Kier alpha value is -1.85. The second-order valence-corrected chi connectivity index (χ2v) is 5.18. The molecule has 102 valence electrons. The molecule has 1 unspecified atom stereocenters. The van der Waals surface area contributed by atoms with Crippen LogP contribution >= 0.6 is 0 Å². The van der Waals surface area contributed by atoms with Crippen LogP contribution in [0.1, 0.15) is 36.6 Å². The summed E-state index contributed by atoms with van der Waals surface area (Å²) in [4.78, 5) is 0. The van der Waals surface area contributed by atoms with E-state index in [1.165, 1.54) is 5.56 Å². The van der Waals surface area contributed by atoms with Crippen LogP contribution in [0.5, 0.6) is 0 Å². The second kappa shape index (κ2) is 5.86. The van der Waals surface area contributed by atoms with Crippen molar-refractivity contribution in [3.8, 4) is 0 Å². The largest absolute Gasteiger partial charge is 0.384 e. The van der Waals surface area contributed by atoms with Crippen LogP contribution < -0.4 is 17.0 Å². The Balaban J connectivity index is 2.31. The number of anilines is 1. The third-order valence-corrected chi connectivity index (χ3v) is 3.11. The van der Waals surface area contributed by atoms with E-state index >= 15 is 0 Å². The first-order valence-corrected chi connectivity index (χ1v) is 6.45. The summed E-state index contributed by atoms with van der Waals surface area (Å²) in [5.41, 5.74) is 11.9. The molecule has 5 nitrogen and oxygen atoms in total. The summed E-state index contributed by atoms with van der Waals surface area (Å²) in [7, 11) is 0. The summed E-state index contributed by atoms with van der Waals surface area (Å²) < 4.78 is 0. The number of nitrogens with zero attached hydrogens (tertiary/aromatic N) is 1. The average Bonchev–Trinajstić information content (AvgIpc) is 2.77. The zero-order valence-electron chi connectivity index (χ0n) is 11.4. The molecule has 0 radical (unpaired) electrons.